The number of nitrogens with one attached hydrogen (secondary N) is 2. The molecule has 7 atom stereocenters. The molecule has 3 fully saturated rings. The highest BCUT2D eigenvalue weighted by Gasteiger charge is 2.63. The molecule has 1 saturated heterocycles. The number of carbonyl (C=O) groups excluding carboxylic acids is 3. The van der Waals surface area contributed by atoms with Crippen LogP contribution in [0.4, 0.5) is 4.79 Å². The lowest BCUT2D eigenvalue weighted by atomic mass is 9.85. The highest BCUT2D eigenvalue weighted by atomic mass is 32.2. The third-order valence-corrected chi connectivity index (χ3v) is 14.4. The molecule has 5 aliphatic rings. The van der Waals surface area contributed by atoms with Crippen molar-refractivity contribution in [2.24, 2.45) is 17.8 Å². The topological polar surface area (TPSA) is 185 Å². The van der Waals surface area contributed by atoms with E-state index in [9.17, 15) is 27.9 Å². The summed E-state index contributed by atoms with van der Waals surface area (Å²) in [6.07, 6.45) is 7.26. The molecule has 1 aromatic carbocycles. The standard InChI is InChI=1S/C40H53N5O9S/c1-23-9-7-8-10-26-21-40(26,36(48)43-55(51,52)39(6)15-16-39)42-33(46)30-20-27(54-34-29-12-11-25-14-18-53-32(25)28(29)13-17-41-34)22-44(30)35(47)31(24(2)19-23)45(37(49)50)38(3,4)5/h8,10-13,17,23-24,26-27,30-31H,7,9,14-16,18-22H2,1-6H3,(H,42,46)(H,43,48)(H,49,50)/t23-,24-,26-,27-,30+,31+,40-/m1/s1. The quantitative estimate of drug-likeness (QED) is 0.352. The monoisotopic (exact) mass is 779 g/mol. The number of carbonyl (C=O) groups is 4. The van der Waals surface area contributed by atoms with Crippen LogP contribution in [-0.4, -0.2) is 99.3 Å². The summed E-state index contributed by atoms with van der Waals surface area (Å²) >= 11 is 0. The number of fused-ring (bicyclic) bond motifs is 5. The molecule has 0 unspecified atom stereocenters. The zero-order valence-electron chi connectivity index (χ0n) is 32.5. The number of nitrogens with zero attached hydrogens (tertiary/aromatic N) is 3. The second kappa shape index (κ2) is 14.0. The van der Waals surface area contributed by atoms with Crippen molar-refractivity contribution in [1.82, 2.24) is 24.8 Å². The summed E-state index contributed by atoms with van der Waals surface area (Å²) in [5.74, 6) is -1.69. The molecule has 55 heavy (non-hydrogen) atoms. The number of ether oxygens (including phenoxy) is 2. The third-order valence-electron chi connectivity index (χ3n) is 12.2. The molecular weight excluding hydrogens is 727 g/mol. The maximum atomic E-state index is 15.1. The molecule has 3 aliphatic heterocycles. The van der Waals surface area contributed by atoms with Crippen molar-refractivity contribution in [3.8, 4) is 11.6 Å². The molecule has 14 nitrogen and oxygen atoms in total. The van der Waals surface area contributed by atoms with Gasteiger partial charge in [0.25, 0.3) is 5.91 Å². The van der Waals surface area contributed by atoms with Crippen molar-refractivity contribution in [3.05, 3.63) is 42.1 Å². The molecule has 1 aromatic heterocycles. The van der Waals surface area contributed by atoms with Gasteiger partial charge in [0.15, 0.2) is 0 Å². The average Bonchev–Trinajstić information content (AvgIpc) is 3.88. The number of carboxylic acid groups (broad SMARTS) is 1. The normalized spacial score (nSPS) is 30.5. The van der Waals surface area contributed by atoms with Crippen LogP contribution in [0.15, 0.2) is 36.5 Å². The van der Waals surface area contributed by atoms with Crippen LogP contribution < -0.4 is 19.5 Å². The summed E-state index contributed by atoms with van der Waals surface area (Å²) in [4.78, 5) is 63.7. The molecule has 298 valence electrons. The Labute approximate surface area is 322 Å². The van der Waals surface area contributed by atoms with E-state index >= 15 is 4.79 Å². The van der Waals surface area contributed by atoms with Gasteiger partial charge in [-0.15, -0.1) is 0 Å². The Morgan fingerprint density at radius 3 is 2.56 bits per heavy atom. The maximum absolute atomic E-state index is 15.1. The average molecular weight is 780 g/mol. The summed E-state index contributed by atoms with van der Waals surface area (Å²) in [6.45, 7) is 11.3. The van der Waals surface area contributed by atoms with Crippen molar-refractivity contribution >= 4 is 44.6 Å². The van der Waals surface area contributed by atoms with Gasteiger partial charge in [0, 0.05) is 41.3 Å². The Bertz CT molecular complexity index is 2040. The molecule has 0 bridgehead atoms. The summed E-state index contributed by atoms with van der Waals surface area (Å²) in [5.41, 5.74) is -1.43. The molecule has 2 aromatic rings. The van der Waals surface area contributed by atoms with Crippen LogP contribution in [0.25, 0.3) is 10.8 Å². The highest BCUT2D eigenvalue weighted by molar-refractivity contribution is 7.91. The fraction of sp³-hybridized carbons (Fsp3) is 0.625. The Balaban J connectivity index is 1.26. The minimum absolute atomic E-state index is 0.0196. The first-order valence-corrected chi connectivity index (χ1v) is 20.9. The van der Waals surface area contributed by atoms with Crippen molar-refractivity contribution < 1.29 is 42.2 Å². The minimum Gasteiger partial charge on any atom is -0.492 e. The van der Waals surface area contributed by atoms with Crippen LogP contribution >= 0.6 is 0 Å². The van der Waals surface area contributed by atoms with Gasteiger partial charge in [0.2, 0.25) is 27.7 Å². The van der Waals surface area contributed by atoms with Gasteiger partial charge in [0.05, 0.1) is 17.9 Å². The predicted molar refractivity (Wildman–Crippen MR) is 204 cm³/mol. The Morgan fingerprint density at radius 2 is 1.87 bits per heavy atom. The van der Waals surface area contributed by atoms with E-state index in [-0.39, 0.29) is 25.3 Å². The van der Waals surface area contributed by atoms with Crippen LogP contribution in [0.2, 0.25) is 0 Å². The second-order valence-electron chi connectivity index (χ2n) is 17.6. The van der Waals surface area contributed by atoms with E-state index in [2.05, 4.69) is 21.9 Å². The van der Waals surface area contributed by atoms with Crippen LogP contribution in [-0.2, 0) is 30.8 Å². The van der Waals surface area contributed by atoms with Crippen LogP contribution in [0.3, 0.4) is 0 Å². The van der Waals surface area contributed by atoms with E-state index in [0.717, 1.165) is 29.5 Å². The van der Waals surface area contributed by atoms with Gasteiger partial charge in [-0.3, -0.25) is 24.0 Å². The summed E-state index contributed by atoms with van der Waals surface area (Å²) < 4.78 is 40.1. The van der Waals surface area contributed by atoms with Gasteiger partial charge in [-0.1, -0.05) is 32.1 Å². The van der Waals surface area contributed by atoms with E-state index in [1.165, 1.54) is 9.80 Å². The zero-order chi connectivity index (χ0) is 39.7. The first-order chi connectivity index (χ1) is 25.8. The number of allylic oxidation sites excluding steroid dienone is 1. The van der Waals surface area contributed by atoms with E-state index in [0.29, 0.717) is 43.6 Å². The summed E-state index contributed by atoms with van der Waals surface area (Å²) in [7, 11) is -4.01. The number of benzene rings is 1. The van der Waals surface area contributed by atoms with Crippen LogP contribution in [0.1, 0.15) is 92.1 Å². The largest absolute Gasteiger partial charge is 0.492 e. The van der Waals surface area contributed by atoms with Gasteiger partial charge in [0.1, 0.15) is 29.5 Å². The molecule has 2 saturated carbocycles. The molecule has 4 amide bonds. The molecule has 15 heteroatoms. The molecular formula is C40H53N5O9S. The van der Waals surface area contributed by atoms with Gasteiger partial charge in [-0.2, -0.15) is 0 Å². The van der Waals surface area contributed by atoms with Crippen molar-refractivity contribution in [2.45, 2.75) is 127 Å². The van der Waals surface area contributed by atoms with E-state index in [1.54, 1.807) is 33.9 Å². The summed E-state index contributed by atoms with van der Waals surface area (Å²) in [6, 6.07) is 3.45. The van der Waals surface area contributed by atoms with E-state index in [4.69, 9.17) is 9.47 Å². The number of pyridine rings is 1. The summed E-state index contributed by atoms with van der Waals surface area (Å²) in [5, 5.41) is 15.0. The van der Waals surface area contributed by atoms with Gasteiger partial charge in [-0.25, -0.2) is 18.2 Å². The second-order valence-corrected chi connectivity index (χ2v) is 19.8. The van der Waals surface area contributed by atoms with E-state index in [1.807, 2.05) is 37.3 Å². The first kappa shape index (κ1) is 38.9. The Hall–Kier alpha value is -4.40. The molecule has 4 heterocycles. The van der Waals surface area contributed by atoms with Gasteiger partial charge in [-0.05, 0) is 95.8 Å². The fourth-order valence-corrected chi connectivity index (χ4v) is 10.0. The molecule has 2 aliphatic carbocycles. The SMILES string of the molecule is C[C@@H]1CCC=C[C@@H]2C[C@@]2(C(=O)NS(=O)(=O)C2(C)CC2)NC(=O)[C@@H]2C[C@@H](Oc3nccc4c5c(ccc34)CCO5)CN2C(=O)[C@@H](N(C(=O)O)C(C)(C)C)[C@H](C)C1. The number of aromatic nitrogens is 1. The van der Waals surface area contributed by atoms with Crippen LogP contribution in [0, 0.1) is 17.8 Å². The number of sulfonamides is 1. The molecule has 0 radical (unpaired) electrons. The van der Waals surface area contributed by atoms with Gasteiger partial charge < -0.3 is 24.8 Å². The smallest absolute Gasteiger partial charge is 0.408 e. The first-order valence-electron chi connectivity index (χ1n) is 19.4. The zero-order valence-corrected chi connectivity index (χ0v) is 33.3. The van der Waals surface area contributed by atoms with Crippen LogP contribution in [0.5, 0.6) is 11.6 Å². The lowest BCUT2D eigenvalue weighted by Crippen LogP contribution is -2.62. The lowest BCUT2D eigenvalue weighted by molar-refractivity contribution is -0.146. The number of hydrogen-bond acceptors (Lipinski definition) is 9. The molecule has 3 N–H and O–H groups in total. The van der Waals surface area contributed by atoms with Gasteiger partial charge >= 0.3 is 6.09 Å². The molecule has 0 spiro atoms. The number of rotatable bonds is 6. The Morgan fingerprint density at radius 1 is 1.13 bits per heavy atom. The Kier molecular flexibility index (Phi) is 9.86. The molecule has 7 rings (SSSR count). The number of hydrogen-bond donors (Lipinski definition) is 3. The lowest BCUT2D eigenvalue weighted by Gasteiger charge is -2.43. The minimum atomic E-state index is -4.01. The fourth-order valence-electron chi connectivity index (χ4n) is 8.69. The van der Waals surface area contributed by atoms with Crippen molar-refractivity contribution in [2.75, 3.05) is 13.2 Å². The van der Waals surface area contributed by atoms with Crippen molar-refractivity contribution in [1.29, 1.82) is 0 Å². The maximum Gasteiger partial charge on any atom is 0.408 e. The predicted octanol–water partition coefficient (Wildman–Crippen LogP) is 4.55. The number of amides is 4. The highest BCUT2D eigenvalue weighted by Crippen LogP contribution is 2.48. The third kappa shape index (κ3) is 7.24. The van der Waals surface area contributed by atoms with E-state index < -0.39 is 79.7 Å². The van der Waals surface area contributed by atoms with Crippen molar-refractivity contribution in [3.63, 3.8) is 0 Å².